The molecule has 0 aromatic carbocycles. The molecule has 184 valence electrons. The molecular formula is C22H35N5O6. The Hall–Kier alpha value is -2.85. The summed E-state index contributed by atoms with van der Waals surface area (Å²) in [5.74, 6) is -1.86. The highest BCUT2D eigenvalue weighted by Crippen LogP contribution is 2.65. The zero-order chi connectivity index (χ0) is 24.9. The molecule has 1 aliphatic carbocycles. The van der Waals surface area contributed by atoms with Crippen molar-refractivity contribution in [3.05, 3.63) is 0 Å². The third-order valence-electron chi connectivity index (χ3n) is 7.38. The highest BCUT2D eigenvalue weighted by molar-refractivity contribution is 5.95. The molecule has 5 amide bonds. The summed E-state index contributed by atoms with van der Waals surface area (Å²) in [6.07, 6.45) is -0.239. The van der Waals surface area contributed by atoms with E-state index in [9.17, 15) is 29.1 Å². The number of primary amides is 1. The summed E-state index contributed by atoms with van der Waals surface area (Å²) < 4.78 is 0. The molecule has 0 radical (unpaired) electrons. The summed E-state index contributed by atoms with van der Waals surface area (Å²) in [6, 6.07) is -2.97. The number of nitrogens with one attached hydrogen (secondary N) is 2. The van der Waals surface area contributed by atoms with Crippen molar-refractivity contribution in [2.45, 2.75) is 65.6 Å². The van der Waals surface area contributed by atoms with Gasteiger partial charge in [0.15, 0.2) is 0 Å². The molecule has 1 saturated carbocycles. The van der Waals surface area contributed by atoms with Gasteiger partial charge in [-0.1, -0.05) is 34.6 Å². The van der Waals surface area contributed by atoms with Gasteiger partial charge in [0, 0.05) is 26.1 Å². The van der Waals surface area contributed by atoms with Crippen molar-refractivity contribution in [1.29, 1.82) is 0 Å². The van der Waals surface area contributed by atoms with Crippen LogP contribution in [0.3, 0.4) is 0 Å². The van der Waals surface area contributed by atoms with Gasteiger partial charge in [-0.2, -0.15) is 0 Å². The van der Waals surface area contributed by atoms with E-state index in [0.29, 0.717) is 25.9 Å². The zero-order valence-electron chi connectivity index (χ0n) is 19.9. The van der Waals surface area contributed by atoms with Gasteiger partial charge in [0.25, 0.3) is 0 Å². The number of carbonyl (C=O) groups excluding carboxylic acids is 4. The highest BCUT2D eigenvalue weighted by atomic mass is 16.4. The summed E-state index contributed by atoms with van der Waals surface area (Å²) in [6.45, 7) is 10.1. The molecule has 5 atom stereocenters. The van der Waals surface area contributed by atoms with Gasteiger partial charge in [0.05, 0.1) is 0 Å². The molecule has 11 heteroatoms. The molecule has 3 rings (SSSR count). The lowest BCUT2D eigenvalue weighted by Gasteiger charge is -2.37. The molecule has 3 aliphatic rings. The lowest BCUT2D eigenvalue weighted by atomic mass is 9.85. The Kier molecular flexibility index (Phi) is 6.38. The summed E-state index contributed by atoms with van der Waals surface area (Å²) in [4.78, 5) is 65.1. The van der Waals surface area contributed by atoms with Gasteiger partial charge in [-0.3, -0.25) is 19.2 Å². The van der Waals surface area contributed by atoms with E-state index in [2.05, 4.69) is 10.6 Å². The van der Waals surface area contributed by atoms with E-state index in [1.807, 2.05) is 13.8 Å². The maximum absolute atomic E-state index is 13.4. The number of rotatable bonds is 7. The molecule has 33 heavy (non-hydrogen) atoms. The van der Waals surface area contributed by atoms with Crippen LogP contribution >= 0.6 is 0 Å². The third kappa shape index (κ3) is 4.77. The van der Waals surface area contributed by atoms with E-state index >= 15 is 0 Å². The van der Waals surface area contributed by atoms with Crippen LogP contribution in [0, 0.1) is 22.7 Å². The molecule has 0 bridgehead atoms. The van der Waals surface area contributed by atoms with Gasteiger partial charge >= 0.3 is 6.09 Å². The minimum absolute atomic E-state index is 0.0107. The molecule has 2 saturated heterocycles. The maximum Gasteiger partial charge on any atom is 0.405 e. The fraction of sp³-hybridized carbons (Fsp3) is 0.773. The lowest BCUT2D eigenvalue weighted by Crippen LogP contribution is -2.61. The van der Waals surface area contributed by atoms with Gasteiger partial charge in [0.1, 0.15) is 18.1 Å². The first-order valence-electron chi connectivity index (χ1n) is 11.3. The number of nitrogens with zero attached hydrogens (tertiary/aromatic N) is 2. The van der Waals surface area contributed by atoms with Crippen LogP contribution in [0.15, 0.2) is 0 Å². The molecular weight excluding hydrogens is 430 g/mol. The predicted octanol–water partition coefficient (Wildman–Crippen LogP) is -0.256. The molecule has 3 fully saturated rings. The van der Waals surface area contributed by atoms with Crippen molar-refractivity contribution in [1.82, 2.24) is 20.4 Å². The first kappa shape index (κ1) is 24.8. The third-order valence-corrected chi connectivity index (χ3v) is 7.38. The smallest absolute Gasteiger partial charge is 0.405 e. The van der Waals surface area contributed by atoms with Crippen LogP contribution in [0.2, 0.25) is 0 Å². The summed E-state index contributed by atoms with van der Waals surface area (Å²) in [5, 5.41) is 14.2. The van der Waals surface area contributed by atoms with Crippen molar-refractivity contribution >= 4 is 29.7 Å². The molecule has 0 aromatic rings. The largest absolute Gasteiger partial charge is 0.465 e. The first-order chi connectivity index (χ1) is 15.2. The van der Waals surface area contributed by atoms with E-state index in [0.717, 1.165) is 0 Å². The van der Waals surface area contributed by atoms with Crippen molar-refractivity contribution in [3.63, 3.8) is 0 Å². The first-order valence-corrected chi connectivity index (χ1v) is 11.3. The van der Waals surface area contributed by atoms with E-state index in [4.69, 9.17) is 5.73 Å². The Morgan fingerprint density at radius 1 is 1.21 bits per heavy atom. The summed E-state index contributed by atoms with van der Waals surface area (Å²) in [5.41, 5.74) is 4.63. The van der Waals surface area contributed by atoms with Crippen LogP contribution in [0.4, 0.5) is 4.79 Å². The van der Waals surface area contributed by atoms with E-state index in [1.165, 1.54) is 9.80 Å². The van der Waals surface area contributed by atoms with Crippen LogP contribution in [0.1, 0.15) is 47.5 Å². The van der Waals surface area contributed by atoms with Crippen molar-refractivity contribution < 1.29 is 29.1 Å². The number of hydrogen-bond acceptors (Lipinski definition) is 5. The molecule has 11 nitrogen and oxygen atoms in total. The lowest BCUT2D eigenvalue weighted by molar-refractivity contribution is -0.144. The van der Waals surface area contributed by atoms with Gasteiger partial charge in [0.2, 0.25) is 23.6 Å². The van der Waals surface area contributed by atoms with Gasteiger partial charge in [-0.05, 0) is 29.1 Å². The quantitative estimate of drug-likeness (QED) is 0.405. The Balaban J connectivity index is 1.81. The molecule has 2 aliphatic heterocycles. The van der Waals surface area contributed by atoms with Crippen LogP contribution in [0.25, 0.3) is 0 Å². The van der Waals surface area contributed by atoms with Crippen molar-refractivity contribution in [2.24, 2.45) is 28.4 Å². The minimum atomic E-state index is -1.32. The molecule has 0 spiro atoms. The van der Waals surface area contributed by atoms with Crippen molar-refractivity contribution in [3.8, 4) is 0 Å². The SMILES string of the molecule is CC(C)(C)[C@H](NC(=O)O)C(=O)N1C[C@H]2[C@@H]([C@H]1C(=O)NC(CN1CCCC1=O)C(N)=O)C2(C)C. The summed E-state index contributed by atoms with van der Waals surface area (Å²) in [7, 11) is 0. The number of amides is 5. The number of likely N-dealkylation sites (tertiary alicyclic amines) is 2. The average molecular weight is 466 g/mol. The monoisotopic (exact) mass is 465 g/mol. The molecule has 1 unspecified atom stereocenters. The van der Waals surface area contributed by atoms with Crippen LogP contribution in [0.5, 0.6) is 0 Å². The Bertz CT molecular complexity index is 866. The number of fused-ring (bicyclic) bond motifs is 1. The number of piperidine rings is 1. The van der Waals surface area contributed by atoms with Gasteiger partial charge in [-0.25, -0.2) is 4.79 Å². The maximum atomic E-state index is 13.4. The van der Waals surface area contributed by atoms with Crippen LogP contribution in [-0.4, -0.2) is 82.4 Å². The summed E-state index contributed by atoms with van der Waals surface area (Å²) >= 11 is 0. The molecule has 0 aromatic heterocycles. The Morgan fingerprint density at radius 3 is 2.33 bits per heavy atom. The number of nitrogens with two attached hydrogens (primary N) is 1. The number of hydrogen-bond donors (Lipinski definition) is 4. The fourth-order valence-electron chi connectivity index (χ4n) is 5.33. The van der Waals surface area contributed by atoms with Crippen molar-refractivity contribution in [2.75, 3.05) is 19.6 Å². The Labute approximate surface area is 193 Å². The van der Waals surface area contributed by atoms with Crippen LogP contribution in [-0.2, 0) is 19.2 Å². The molecule has 5 N–H and O–H groups in total. The fourth-order valence-corrected chi connectivity index (χ4v) is 5.33. The zero-order valence-corrected chi connectivity index (χ0v) is 19.9. The topological polar surface area (TPSA) is 162 Å². The second-order valence-corrected chi connectivity index (χ2v) is 11.0. The molecule has 2 heterocycles. The second kappa shape index (κ2) is 8.49. The average Bonchev–Trinajstić information content (AvgIpc) is 3.06. The number of carboxylic acid groups (broad SMARTS) is 1. The highest BCUT2D eigenvalue weighted by Gasteiger charge is 2.69. The van der Waals surface area contributed by atoms with Gasteiger partial charge < -0.3 is 31.3 Å². The van der Waals surface area contributed by atoms with E-state index < -0.39 is 47.4 Å². The second-order valence-electron chi connectivity index (χ2n) is 11.0. The Morgan fingerprint density at radius 2 is 1.85 bits per heavy atom. The van der Waals surface area contributed by atoms with Crippen LogP contribution < -0.4 is 16.4 Å². The normalized spacial score (nSPS) is 27.5. The predicted molar refractivity (Wildman–Crippen MR) is 118 cm³/mol. The number of carbonyl (C=O) groups is 5. The minimum Gasteiger partial charge on any atom is -0.465 e. The van der Waals surface area contributed by atoms with E-state index in [-0.39, 0.29) is 29.7 Å². The standard InChI is InChI=1S/C22H35N5O6/c1-21(2,3)16(25-20(32)33)19(31)27-9-11-14(22(11,4)5)15(27)18(30)24-12(17(23)29)10-26-8-6-7-13(26)28/h11-12,14-16,25H,6-10H2,1-5H3,(H2,23,29)(H,24,30)(H,32,33)/t11-,12?,14-,15-,16+/m0/s1. The van der Waals surface area contributed by atoms with Gasteiger partial charge in [-0.15, -0.1) is 0 Å². The van der Waals surface area contributed by atoms with E-state index in [1.54, 1.807) is 20.8 Å².